The highest BCUT2D eigenvalue weighted by atomic mass is 16.2. The predicted molar refractivity (Wildman–Crippen MR) is 89.2 cm³/mol. The van der Waals surface area contributed by atoms with Gasteiger partial charge in [-0.15, -0.1) is 0 Å². The second-order valence-electron chi connectivity index (χ2n) is 6.12. The van der Waals surface area contributed by atoms with E-state index in [2.05, 4.69) is 21.5 Å². The number of carbonyl (C=O) groups is 1. The van der Waals surface area contributed by atoms with Gasteiger partial charge in [-0.25, -0.2) is 4.98 Å². The molecular formula is C17H20N6O. The van der Waals surface area contributed by atoms with E-state index in [1.54, 1.807) is 23.2 Å². The summed E-state index contributed by atoms with van der Waals surface area (Å²) in [5, 5.41) is 17.0. The van der Waals surface area contributed by atoms with E-state index in [1.807, 2.05) is 32.6 Å². The third-order valence-corrected chi connectivity index (χ3v) is 4.70. The zero-order valence-electron chi connectivity index (χ0n) is 14.2. The molecule has 0 bridgehead atoms. The molecule has 24 heavy (non-hydrogen) atoms. The van der Waals surface area contributed by atoms with E-state index in [-0.39, 0.29) is 18.0 Å². The Labute approximate surface area is 140 Å². The molecule has 2 aromatic heterocycles. The van der Waals surface area contributed by atoms with Crippen molar-refractivity contribution in [3.8, 4) is 6.07 Å². The summed E-state index contributed by atoms with van der Waals surface area (Å²) >= 11 is 0. The Balaban J connectivity index is 2.00. The first-order valence-corrected chi connectivity index (χ1v) is 7.81. The van der Waals surface area contributed by atoms with Crippen molar-refractivity contribution in [2.75, 3.05) is 12.4 Å². The van der Waals surface area contributed by atoms with Gasteiger partial charge in [0.25, 0.3) is 0 Å². The lowest BCUT2D eigenvalue weighted by atomic mass is 9.98. The fourth-order valence-electron chi connectivity index (χ4n) is 3.40. The van der Waals surface area contributed by atoms with Crippen molar-refractivity contribution >= 4 is 11.7 Å². The predicted octanol–water partition coefficient (Wildman–Crippen LogP) is 1.69. The summed E-state index contributed by atoms with van der Waals surface area (Å²) in [6.45, 7) is 3.96. The number of nitrogens with zero attached hydrogens (tertiary/aromatic N) is 5. The normalized spacial score (nSPS) is 20.3. The molecule has 2 atom stereocenters. The van der Waals surface area contributed by atoms with Crippen LogP contribution in [0.5, 0.6) is 0 Å². The molecule has 0 radical (unpaired) electrons. The molecule has 0 spiro atoms. The summed E-state index contributed by atoms with van der Waals surface area (Å²) < 4.78 is 1.83. The molecule has 0 aliphatic carbocycles. The van der Waals surface area contributed by atoms with E-state index in [0.717, 1.165) is 17.0 Å². The second kappa shape index (κ2) is 5.96. The molecule has 2 aromatic rings. The van der Waals surface area contributed by atoms with Crippen LogP contribution in [0.2, 0.25) is 0 Å². The first-order chi connectivity index (χ1) is 11.4. The van der Waals surface area contributed by atoms with Crippen LogP contribution in [0, 0.1) is 25.2 Å². The van der Waals surface area contributed by atoms with Gasteiger partial charge in [-0.05, 0) is 26.0 Å². The number of nitrogens with one attached hydrogen (secondary N) is 1. The smallest absolute Gasteiger partial charge is 0.225 e. The van der Waals surface area contributed by atoms with Gasteiger partial charge < -0.3 is 10.2 Å². The minimum atomic E-state index is -0.161. The van der Waals surface area contributed by atoms with Crippen molar-refractivity contribution < 1.29 is 4.79 Å². The van der Waals surface area contributed by atoms with Crippen LogP contribution < -0.4 is 5.32 Å². The molecule has 7 nitrogen and oxygen atoms in total. The minimum Gasteiger partial charge on any atom is -0.363 e. The van der Waals surface area contributed by atoms with E-state index in [9.17, 15) is 10.1 Å². The van der Waals surface area contributed by atoms with Gasteiger partial charge in [-0.1, -0.05) is 0 Å². The highest BCUT2D eigenvalue weighted by molar-refractivity contribution is 5.81. The van der Waals surface area contributed by atoms with Crippen LogP contribution >= 0.6 is 0 Å². The van der Waals surface area contributed by atoms with Crippen molar-refractivity contribution in [2.24, 2.45) is 7.05 Å². The standard InChI is InChI=1S/C17H20N6O/c1-10-15(11(2)23(4)21-10)16-13(8-14(24)22(16)3)20-17-12(9-18)6-5-7-19-17/h5-7,13,16H,8H2,1-4H3,(H,19,20)/t13-,16-/m1/s1. The van der Waals surface area contributed by atoms with E-state index in [4.69, 9.17) is 0 Å². The maximum atomic E-state index is 12.3. The van der Waals surface area contributed by atoms with Gasteiger partial charge in [0.2, 0.25) is 5.91 Å². The first kappa shape index (κ1) is 16.0. The van der Waals surface area contributed by atoms with Crippen LogP contribution in [0.4, 0.5) is 5.82 Å². The van der Waals surface area contributed by atoms with E-state index >= 15 is 0 Å². The average molecular weight is 324 g/mol. The van der Waals surface area contributed by atoms with Gasteiger partial charge in [0.1, 0.15) is 11.9 Å². The number of aromatic nitrogens is 3. The molecule has 0 saturated carbocycles. The van der Waals surface area contributed by atoms with Crippen molar-refractivity contribution in [3.05, 3.63) is 40.8 Å². The maximum absolute atomic E-state index is 12.3. The number of anilines is 1. The molecule has 1 saturated heterocycles. The summed E-state index contributed by atoms with van der Waals surface area (Å²) in [4.78, 5) is 18.3. The van der Waals surface area contributed by atoms with E-state index in [0.29, 0.717) is 17.8 Å². The van der Waals surface area contributed by atoms with Crippen LogP contribution in [0.3, 0.4) is 0 Å². The van der Waals surface area contributed by atoms with Crippen LogP contribution in [0.1, 0.15) is 35.0 Å². The molecule has 1 amide bonds. The van der Waals surface area contributed by atoms with Gasteiger partial charge in [-0.2, -0.15) is 10.4 Å². The van der Waals surface area contributed by atoms with E-state index < -0.39 is 0 Å². The molecular weight excluding hydrogens is 304 g/mol. The number of rotatable bonds is 3. The quantitative estimate of drug-likeness (QED) is 0.928. The van der Waals surface area contributed by atoms with Crippen molar-refractivity contribution in [1.29, 1.82) is 5.26 Å². The SMILES string of the molecule is Cc1nn(C)c(C)c1[C@H]1[C@H](Nc2ncccc2C#N)CC(=O)N1C. The summed E-state index contributed by atoms with van der Waals surface area (Å²) in [5.41, 5.74) is 3.47. The van der Waals surface area contributed by atoms with Crippen LogP contribution in [-0.2, 0) is 11.8 Å². The number of aryl methyl sites for hydroxylation is 2. The van der Waals surface area contributed by atoms with Crippen molar-refractivity contribution in [1.82, 2.24) is 19.7 Å². The Morgan fingerprint density at radius 2 is 2.12 bits per heavy atom. The third-order valence-electron chi connectivity index (χ3n) is 4.70. The number of pyridine rings is 1. The number of likely N-dealkylation sites (tertiary alicyclic amines) is 1. The lowest BCUT2D eigenvalue weighted by Gasteiger charge is -2.26. The first-order valence-electron chi connectivity index (χ1n) is 7.81. The van der Waals surface area contributed by atoms with Crippen LogP contribution in [-0.4, -0.2) is 38.7 Å². The fourth-order valence-corrected chi connectivity index (χ4v) is 3.40. The zero-order valence-corrected chi connectivity index (χ0v) is 14.2. The Hall–Kier alpha value is -2.88. The summed E-state index contributed by atoms with van der Waals surface area (Å²) in [7, 11) is 3.71. The minimum absolute atomic E-state index is 0.0644. The summed E-state index contributed by atoms with van der Waals surface area (Å²) in [6.07, 6.45) is 2.00. The number of nitriles is 1. The number of hydrogen-bond donors (Lipinski definition) is 1. The molecule has 0 unspecified atom stereocenters. The van der Waals surface area contributed by atoms with Crippen molar-refractivity contribution in [3.63, 3.8) is 0 Å². The molecule has 1 N–H and O–H groups in total. The summed E-state index contributed by atoms with van der Waals surface area (Å²) in [6, 6.07) is 5.27. The Kier molecular flexibility index (Phi) is 3.97. The van der Waals surface area contributed by atoms with E-state index in [1.165, 1.54) is 0 Å². The molecule has 3 heterocycles. The topological polar surface area (TPSA) is 86.8 Å². The highest BCUT2D eigenvalue weighted by Gasteiger charge is 2.41. The highest BCUT2D eigenvalue weighted by Crippen LogP contribution is 2.37. The molecule has 3 rings (SSSR count). The van der Waals surface area contributed by atoms with Crippen LogP contribution in [0.15, 0.2) is 18.3 Å². The maximum Gasteiger partial charge on any atom is 0.225 e. The van der Waals surface area contributed by atoms with Crippen molar-refractivity contribution in [2.45, 2.75) is 32.4 Å². The monoisotopic (exact) mass is 324 g/mol. The Morgan fingerprint density at radius 1 is 1.38 bits per heavy atom. The Bertz CT molecular complexity index is 834. The van der Waals surface area contributed by atoms with Gasteiger partial charge >= 0.3 is 0 Å². The fraction of sp³-hybridized carbons (Fsp3) is 0.412. The molecule has 1 aliphatic heterocycles. The second-order valence-corrected chi connectivity index (χ2v) is 6.12. The lowest BCUT2D eigenvalue weighted by molar-refractivity contribution is -0.127. The summed E-state index contributed by atoms with van der Waals surface area (Å²) in [5.74, 6) is 0.576. The molecule has 124 valence electrons. The number of carbonyl (C=O) groups excluding carboxylic acids is 1. The Morgan fingerprint density at radius 3 is 2.75 bits per heavy atom. The zero-order chi connectivity index (χ0) is 17.4. The number of hydrogen-bond acceptors (Lipinski definition) is 5. The van der Waals surface area contributed by atoms with Crippen LogP contribution in [0.25, 0.3) is 0 Å². The van der Waals surface area contributed by atoms with Gasteiger partial charge in [0.15, 0.2) is 0 Å². The molecule has 1 aliphatic rings. The largest absolute Gasteiger partial charge is 0.363 e. The number of amides is 1. The molecule has 1 fully saturated rings. The third kappa shape index (κ3) is 2.50. The molecule has 0 aromatic carbocycles. The molecule has 7 heteroatoms. The van der Waals surface area contributed by atoms with Gasteiger partial charge in [0.05, 0.1) is 23.3 Å². The van der Waals surface area contributed by atoms with Gasteiger partial charge in [-0.3, -0.25) is 9.48 Å². The lowest BCUT2D eigenvalue weighted by Crippen LogP contribution is -2.31. The average Bonchev–Trinajstić information content (AvgIpc) is 2.96. The number of likely N-dealkylation sites (N-methyl/N-ethyl adjacent to an activating group) is 1. The van der Waals surface area contributed by atoms with Gasteiger partial charge in [0, 0.05) is 38.0 Å².